The summed E-state index contributed by atoms with van der Waals surface area (Å²) in [5.74, 6) is 0.740. The second kappa shape index (κ2) is 9.11. The van der Waals surface area contributed by atoms with E-state index < -0.39 is 18.6 Å². The summed E-state index contributed by atoms with van der Waals surface area (Å²) in [6.45, 7) is 3.86. The van der Waals surface area contributed by atoms with Gasteiger partial charge < -0.3 is 14.5 Å². The van der Waals surface area contributed by atoms with Crippen molar-refractivity contribution in [3.63, 3.8) is 0 Å². The van der Waals surface area contributed by atoms with E-state index in [2.05, 4.69) is 26.8 Å². The van der Waals surface area contributed by atoms with Crippen LogP contribution in [0.5, 0.6) is 5.75 Å². The van der Waals surface area contributed by atoms with Crippen molar-refractivity contribution in [1.29, 1.82) is 0 Å². The molecule has 1 saturated carbocycles. The molecular formula is C21H21ClF3N3O4. The zero-order valence-electron chi connectivity index (χ0n) is 17.0. The summed E-state index contributed by atoms with van der Waals surface area (Å²) < 4.78 is 51.9. The van der Waals surface area contributed by atoms with E-state index in [0.717, 1.165) is 5.56 Å². The molecule has 1 aliphatic heterocycles. The Kier molecular flexibility index (Phi) is 6.43. The molecule has 1 fully saturated rings. The SMILES string of the molecule is C=C(CCc1nnc(C2CC(OC(F)(F)F)C2)o1)NC(=O)C1CCc2cc(Cl)ccc2O1. The first-order valence-corrected chi connectivity index (χ1v) is 10.5. The number of nitrogens with one attached hydrogen (secondary N) is 1. The monoisotopic (exact) mass is 471 g/mol. The number of aryl methyl sites for hydroxylation is 2. The van der Waals surface area contributed by atoms with Crippen LogP contribution in [0.15, 0.2) is 34.9 Å². The number of carbonyl (C=O) groups excluding carboxylic acids is 1. The van der Waals surface area contributed by atoms with Crippen LogP contribution < -0.4 is 10.1 Å². The Morgan fingerprint density at radius 2 is 2.09 bits per heavy atom. The van der Waals surface area contributed by atoms with Gasteiger partial charge >= 0.3 is 6.36 Å². The van der Waals surface area contributed by atoms with Crippen molar-refractivity contribution in [2.75, 3.05) is 0 Å². The van der Waals surface area contributed by atoms with Crippen LogP contribution >= 0.6 is 11.6 Å². The quantitative estimate of drug-likeness (QED) is 0.641. The number of aromatic nitrogens is 2. The second-order valence-corrected chi connectivity index (χ2v) is 8.31. The van der Waals surface area contributed by atoms with Gasteiger partial charge in [-0.15, -0.1) is 23.4 Å². The van der Waals surface area contributed by atoms with Gasteiger partial charge in [0.15, 0.2) is 6.10 Å². The number of fused-ring (bicyclic) bond motifs is 1. The molecule has 1 aliphatic carbocycles. The zero-order valence-corrected chi connectivity index (χ0v) is 17.7. The molecule has 0 saturated heterocycles. The van der Waals surface area contributed by atoms with Crippen molar-refractivity contribution in [2.24, 2.45) is 0 Å². The molecule has 172 valence electrons. The second-order valence-electron chi connectivity index (χ2n) is 7.88. The van der Waals surface area contributed by atoms with Crippen LogP contribution in [0.3, 0.4) is 0 Å². The first-order chi connectivity index (χ1) is 15.2. The number of carbonyl (C=O) groups is 1. The molecule has 1 N–H and O–H groups in total. The highest BCUT2D eigenvalue weighted by atomic mass is 35.5. The van der Waals surface area contributed by atoms with E-state index in [9.17, 15) is 18.0 Å². The molecule has 2 aliphatic rings. The lowest BCUT2D eigenvalue weighted by Crippen LogP contribution is -2.39. The number of ether oxygens (including phenoxy) is 2. The third-order valence-corrected chi connectivity index (χ3v) is 5.66. The molecule has 11 heteroatoms. The molecule has 1 amide bonds. The maximum absolute atomic E-state index is 12.5. The Balaban J connectivity index is 1.20. The molecule has 4 rings (SSSR count). The van der Waals surface area contributed by atoms with Gasteiger partial charge in [0.2, 0.25) is 11.8 Å². The molecule has 0 spiro atoms. The third kappa shape index (κ3) is 5.60. The lowest BCUT2D eigenvalue weighted by Gasteiger charge is -2.32. The number of nitrogens with zero attached hydrogens (tertiary/aromatic N) is 2. The van der Waals surface area contributed by atoms with E-state index in [0.29, 0.717) is 53.9 Å². The standard InChI is InChI=1S/C21H21ClF3N3O4/c1-11(26-19(29)17-5-3-12-8-14(22)4-6-16(12)30-17)2-7-18-27-28-20(31-18)13-9-15(10-13)32-21(23,24)25/h4,6,8,13,15,17H,1-3,5,7,9-10H2,(H,26,29). The van der Waals surface area contributed by atoms with Crippen molar-refractivity contribution in [2.45, 2.75) is 63.0 Å². The van der Waals surface area contributed by atoms with Crippen molar-refractivity contribution < 1.29 is 31.9 Å². The van der Waals surface area contributed by atoms with Crippen molar-refractivity contribution in [3.05, 3.63) is 52.8 Å². The maximum Gasteiger partial charge on any atom is 0.522 e. The molecular weight excluding hydrogens is 451 g/mol. The smallest absolute Gasteiger partial charge is 0.480 e. The summed E-state index contributed by atoms with van der Waals surface area (Å²) in [4.78, 5) is 12.5. The van der Waals surface area contributed by atoms with E-state index in [4.69, 9.17) is 20.8 Å². The minimum atomic E-state index is -4.64. The number of halogens is 4. The minimum Gasteiger partial charge on any atom is -0.480 e. The highest BCUT2D eigenvalue weighted by molar-refractivity contribution is 6.30. The molecule has 2 aromatic rings. The first kappa shape index (κ1) is 22.6. The van der Waals surface area contributed by atoms with Gasteiger partial charge in [-0.1, -0.05) is 18.2 Å². The Morgan fingerprint density at radius 3 is 2.84 bits per heavy atom. The van der Waals surface area contributed by atoms with Gasteiger partial charge in [-0.3, -0.25) is 9.53 Å². The Bertz CT molecular complexity index is 1000. The van der Waals surface area contributed by atoms with Crippen LogP contribution in [-0.4, -0.2) is 34.7 Å². The van der Waals surface area contributed by atoms with Crippen LogP contribution in [0.2, 0.25) is 5.02 Å². The molecule has 32 heavy (non-hydrogen) atoms. The van der Waals surface area contributed by atoms with E-state index in [-0.39, 0.29) is 24.7 Å². The number of alkyl halides is 3. The van der Waals surface area contributed by atoms with E-state index in [1.807, 2.05) is 6.07 Å². The summed E-state index contributed by atoms with van der Waals surface area (Å²) in [7, 11) is 0. The summed E-state index contributed by atoms with van der Waals surface area (Å²) in [6, 6.07) is 5.29. The molecule has 1 aromatic heterocycles. The minimum absolute atomic E-state index is 0.181. The number of rotatable bonds is 7. The first-order valence-electron chi connectivity index (χ1n) is 10.2. The highest BCUT2D eigenvalue weighted by Gasteiger charge is 2.42. The Labute approximate surface area is 186 Å². The van der Waals surface area contributed by atoms with E-state index in [1.54, 1.807) is 12.1 Å². The van der Waals surface area contributed by atoms with Crippen LogP contribution in [0.25, 0.3) is 0 Å². The largest absolute Gasteiger partial charge is 0.522 e. The van der Waals surface area contributed by atoms with E-state index in [1.165, 1.54) is 0 Å². The van der Waals surface area contributed by atoms with Gasteiger partial charge in [-0.2, -0.15) is 0 Å². The molecule has 0 bridgehead atoms. The summed E-state index contributed by atoms with van der Waals surface area (Å²) >= 11 is 5.98. The molecule has 1 aromatic carbocycles. The van der Waals surface area contributed by atoms with Gasteiger partial charge in [0.05, 0.1) is 6.10 Å². The van der Waals surface area contributed by atoms with Gasteiger partial charge in [-0.25, -0.2) is 0 Å². The molecule has 7 nitrogen and oxygen atoms in total. The van der Waals surface area contributed by atoms with Crippen molar-refractivity contribution in [1.82, 2.24) is 15.5 Å². The molecule has 2 heterocycles. The number of hydrogen-bond donors (Lipinski definition) is 1. The van der Waals surface area contributed by atoms with Gasteiger partial charge in [-0.05, 0) is 55.9 Å². The third-order valence-electron chi connectivity index (χ3n) is 5.43. The topological polar surface area (TPSA) is 86.5 Å². The van der Waals surface area contributed by atoms with Gasteiger partial charge in [0, 0.05) is 23.1 Å². The predicted molar refractivity (Wildman–Crippen MR) is 107 cm³/mol. The van der Waals surface area contributed by atoms with Crippen molar-refractivity contribution in [3.8, 4) is 5.75 Å². The average molecular weight is 472 g/mol. The number of hydrogen-bond acceptors (Lipinski definition) is 6. The number of allylic oxidation sites excluding steroid dienone is 1. The molecule has 1 atom stereocenters. The number of benzene rings is 1. The molecule has 0 radical (unpaired) electrons. The van der Waals surface area contributed by atoms with Crippen LogP contribution in [0, 0.1) is 0 Å². The fraction of sp³-hybridized carbons (Fsp3) is 0.476. The zero-order chi connectivity index (χ0) is 22.9. The normalized spacial score (nSPS) is 22.4. The Hall–Kier alpha value is -2.59. The highest BCUT2D eigenvalue weighted by Crippen LogP contribution is 2.40. The fourth-order valence-electron chi connectivity index (χ4n) is 3.70. The summed E-state index contributed by atoms with van der Waals surface area (Å²) in [5.41, 5.74) is 1.44. The van der Waals surface area contributed by atoms with Gasteiger partial charge in [0.1, 0.15) is 5.75 Å². The predicted octanol–water partition coefficient (Wildman–Crippen LogP) is 4.46. The summed E-state index contributed by atoms with van der Waals surface area (Å²) in [5, 5.41) is 11.2. The summed E-state index contributed by atoms with van der Waals surface area (Å²) in [6.07, 6.45) is -3.86. The van der Waals surface area contributed by atoms with Crippen LogP contribution in [-0.2, 0) is 22.4 Å². The van der Waals surface area contributed by atoms with E-state index >= 15 is 0 Å². The lowest BCUT2D eigenvalue weighted by atomic mass is 9.82. The Morgan fingerprint density at radius 1 is 1.31 bits per heavy atom. The molecule has 1 unspecified atom stereocenters. The maximum atomic E-state index is 12.5. The fourth-order valence-corrected chi connectivity index (χ4v) is 3.90. The van der Waals surface area contributed by atoms with Crippen LogP contribution in [0.4, 0.5) is 13.2 Å². The van der Waals surface area contributed by atoms with Gasteiger partial charge in [0.25, 0.3) is 5.91 Å². The lowest BCUT2D eigenvalue weighted by molar-refractivity contribution is -0.352. The van der Waals surface area contributed by atoms with Crippen LogP contribution in [0.1, 0.15) is 48.9 Å². The average Bonchev–Trinajstić information content (AvgIpc) is 3.16. The number of amides is 1. The van der Waals surface area contributed by atoms with Crippen molar-refractivity contribution >= 4 is 17.5 Å².